The molecule has 0 saturated heterocycles. The van der Waals surface area contributed by atoms with E-state index in [1.165, 1.54) is 16.0 Å². The van der Waals surface area contributed by atoms with E-state index in [9.17, 15) is 0 Å². The van der Waals surface area contributed by atoms with Crippen LogP contribution in [0.1, 0.15) is 21.9 Å². The van der Waals surface area contributed by atoms with Crippen molar-refractivity contribution < 1.29 is 0 Å². The molecule has 0 amide bonds. The van der Waals surface area contributed by atoms with Crippen LogP contribution in [0.3, 0.4) is 0 Å². The summed E-state index contributed by atoms with van der Waals surface area (Å²) in [5.74, 6) is 0.403. The molecule has 2 heterocycles. The van der Waals surface area contributed by atoms with E-state index in [0.717, 1.165) is 22.4 Å². The average molecular weight is 335 g/mol. The average Bonchev–Trinajstić information content (AvgIpc) is 2.69. The van der Waals surface area contributed by atoms with Crippen LogP contribution in [-0.2, 0) is 6.54 Å². The van der Waals surface area contributed by atoms with Crippen LogP contribution in [0, 0.1) is 0 Å². The Morgan fingerprint density at radius 3 is 2.58 bits per heavy atom. The highest BCUT2D eigenvalue weighted by Gasteiger charge is 2.26. The molecular weight excluding hydrogens is 321 g/mol. The Balaban J connectivity index is 0.00000133. The van der Waals surface area contributed by atoms with E-state index in [1.807, 2.05) is 12.1 Å². The molecule has 0 fully saturated rings. The van der Waals surface area contributed by atoms with Crippen LogP contribution in [0.4, 0.5) is 0 Å². The molecule has 102 valence electrons. The molecule has 0 saturated carbocycles. The number of benzene rings is 1. The second kappa shape index (κ2) is 6.02. The zero-order valence-corrected chi connectivity index (χ0v) is 13.5. The highest BCUT2D eigenvalue weighted by atomic mass is 35.5. The van der Waals surface area contributed by atoms with Crippen molar-refractivity contribution in [2.45, 2.75) is 12.5 Å². The maximum absolute atomic E-state index is 6.16. The summed E-state index contributed by atoms with van der Waals surface area (Å²) < 4.78 is 0.884. The third-order valence-corrected chi connectivity index (χ3v) is 4.88. The first-order chi connectivity index (χ1) is 8.63. The molecule has 0 N–H and O–H groups in total. The van der Waals surface area contributed by atoms with Gasteiger partial charge in [0.25, 0.3) is 0 Å². The van der Waals surface area contributed by atoms with Gasteiger partial charge in [-0.15, -0.1) is 23.7 Å². The van der Waals surface area contributed by atoms with E-state index in [4.69, 9.17) is 23.2 Å². The first kappa shape index (κ1) is 15.1. The predicted octanol–water partition coefficient (Wildman–Crippen LogP) is 5.05. The molecule has 1 unspecified atom stereocenters. The van der Waals surface area contributed by atoms with Gasteiger partial charge < -0.3 is 4.90 Å². The van der Waals surface area contributed by atoms with E-state index in [2.05, 4.69) is 30.1 Å². The Hall–Kier alpha value is -0.250. The van der Waals surface area contributed by atoms with E-state index < -0.39 is 0 Å². The number of thiophene rings is 1. The highest BCUT2D eigenvalue weighted by molar-refractivity contribution is 7.16. The van der Waals surface area contributed by atoms with Gasteiger partial charge in [0.05, 0.1) is 4.34 Å². The van der Waals surface area contributed by atoms with Crippen LogP contribution in [0.5, 0.6) is 0 Å². The summed E-state index contributed by atoms with van der Waals surface area (Å²) in [6.45, 7) is 2.03. The van der Waals surface area contributed by atoms with Gasteiger partial charge in [-0.05, 0) is 36.4 Å². The summed E-state index contributed by atoms with van der Waals surface area (Å²) >= 11 is 13.8. The van der Waals surface area contributed by atoms with Crippen molar-refractivity contribution in [3.8, 4) is 0 Å². The number of hydrogen-bond donors (Lipinski definition) is 0. The lowest BCUT2D eigenvalue weighted by atomic mass is 9.89. The highest BCUT2D eigenvalue weighted by Crippen LogP contribution is 2.39. The lowest BCUT2D eigenvalue weighted by molar-refractivity contribution is 0.299. The number of nitrogens with zero attached hydrogens (tertiary/aromatic N) is 1. The fourth-order valence-corrected chi connectivity index (χ4v) is 4.08. The first-order valence-corrected chi connectivity index (χ1v) is 7.43. The first-order valence-electron chi connectivity index (χ1n) is 5.85. The zero-order valence-electron chi connectivity index (χ0n) is 10.4. The van der Waals surface area contributed by atoms with Crippen LogP contribution in [0.2, 0.25) is 9.36 Å². The smallest absolute Gasteiger partial charge is 0.0934 e. The minimum Gasteiger partial charge on any atom is -0.300 e. The molecule has 5 heteroatoms. The molecule has 0 aliphatic carbocycles. The van der Waals surface area contributed by atoms with Crippen molar-refractivity contribution in [3.63, 3.8) is 0 Å². The Kier molecular flexibility index (Phi) is 4.80. The van der Waals surface area contributed by atoms with Gasteiger partial charge in [0.1, 0.15) is 0 Å². The third-order valence-electron chi connectivity index (χ3n) is 3.37. The molecular formula is C14H14Cl3NS. The third kappa shape index (κ3) is 3.09. The summed E-state index contributed by atoms with van der Waals surface area (Å²) in [6, 6.07) is 10.3. The SMILES string of the molecule is CN1Cc2sc(Cl)cc2C(c2ccc(Cl)cc2)C1.Cl. The molecule has 1 aromatic heterocycles. The van der Waals surface area contributed by atoms with Gasteiger partial charge in [-0.1, -0.05) is 35.3 Å². The zero-order chi connectivity index (χ0) is 12.7. The Morgan fingerprint density at radius 1 is 1.21 bits per heavy atom. The van der Waals surface area contributed by atoms with Crippen molar-refractivity contribution in [2.75, 3.05) is 13.6 Å². The molecule has 1 nitrogen and oxygen atoms in total. The lowest BCUT2D eigenvalue weighted by Crippen LogP contribution is -2.29. The molecule has 0 bridgehead atoms. The maximum Gasteiger partial charge on any atom is 0.0934 e. The van der Waals surface area contributed by atoms with Crippen LogP contribution in [-0.4, -0.2) is 18.5 Å². The van der Waals surface area contributed by atoms with E-state index >= 15 is 0 Å². The largest absolute Gasteiger partial charge is 0.300 e. The van der Waals surface area contributed by atoms with Gasteiger partial charge in [0, 0.05) is 28.9 Å². The van der Waals surface area contributed by atoms with E-state index in [1.54, 1.807) is 11.3 Å². The Bertz CT molecular complexity index is 565. The minimum atomic E-state index is 0. The number of fused-ring (bicyclic) bond motifs is 1. The molecule has 0 radical (unpaired) electrons. The lowest BCUT2D eigenvalue weighted by Gasteiger charge is -2.30. The van der Waals surface area contributed by atoms with Gasteiger partial charge in [-0.2, -0.15) is 0 Å². The van der Waals surface area contributed by atoms with Crippen LogP contribution < -0.4 is 0 Å². The molecule has 3 rings (SSSR count). The van der Waals surface area contributed by atoms with Crippen LogP contribution in [0.25, 0.3) is 0 Å². The summed E-state index contributed by atoms with van der Waals surface area (Å²) in [5, 5.41) is 0.784. The van der Waals surface area contributed by atoms with Crippen molar-refractivity contribution in [1.29, 1.82) is 0 Å². The van der Waals surface area contributed by atoms with Gasteiger partial charge in [-0.25, -0.2) is 0 Å². The van der Waals surface area contributed by atoms with Crippen LogP contribution in [0.15, 0.2) is 30.3 Å². The maximum atomic E-state index is 6.16. The van der Waals surface area contributed by atoms with Gasteiger partial charge in [0.15, 0.2) is 0 Å². The standard InChI is InChI=1S/C14H13Cl2NS.ClH/c1-17-7-12(9-2-4-10(15)5-3-9)11-6-14(16)18-13(11)8-17;/h2-6,12H,7-8H2,1H3;1H. The second-order valence-electron chi connectivity index (χ2n) is 4.73. The minimum absolute atomic E-state index is 0. The number of hydrogen-bond acceptors (Lipinski definition) is 2. The molecule has 0 spiro atoms. The van der Waals surface area contributed by atoms with Gasteiger partial charge in [-0.3, -0.25) is 0 Å². The number of halogens is 3. The summed E-state index contributed by atoms with van der Waals surface area (Å²) in [7, 11) is 2.15. The molecule has 1 aromatic carbocycles. The normalized spacial score (nSPS) is 18.8. The van der Waals surface area contributed by atoms with Crippen molar-refractivity contribution >= 4 is 46.9 Å². The monoisotopic (exact) mass is 333 g/mol. The topological polar surface area (TPSA) is 3.24 Å². The van der Waals surface area contributed by atoms with Crippen molar-refractivity contribution in [3.05, 3.63) is 55.7 Å². The molecule has 1 aliphatic heterocycles. The quantitative estimate of drug-likeness (QED) is 0.705. The predicted molar refractivity (Wildman–Crippen MR) is 86.2 cm³/mol. The molecule has 1 aliphatic rings. The summed E-state index contributed by atoms with van der Waals surface area (Å²) in [6.07, 6.45) is 0. The second-order valence-corrected chi connectivity index (χ2v) is 6.93. The van der Waals surface area contributed by atoms with Crippen molar-refractivity contribution in [2.24, 2.45) is 0 Å². The van der Waals surface area contributed by atoms with Gasteiger partial charge >= 0.3 is 0 Å². The molecule has 1 atom stereocenters. The summed E-state index contributed by atoms with van der Waals surface area (Å²) in [5.41, 5.74) is 2.69. The number of rotatable bonds is 1. The fourth-order valence-electron chi connectivity index (χ4n) is 2.53. The van der Waals surface area contributed by atoms with Gasteiger partial charge in [0.2, 0.25) is 0 Å². The Morgan fingerprint density at radius 2 is 1.89 bits per heavy atom. The Labute approximate surface area is 133 Å². The summed E-state index contributed by atoms with van der Waals surface area (Å²) in [4.78, 5) is 3.72. The van der Waals surface area contributed by atoms with Crippen LogP contribution >= 0.6 is 46.9 Å². The van der Waals surface area contributed by atoms with E-state index in [0.29, 0.717) is 5.92 Å². The molecule has 2 aromatic rings. The molecule has 19 heavy (non-hydrogen) atoms. The number of likely N-dealkylation sites (N-methyl/N-ethyl adjacent to an activating group) is 1. The fraction of sp³-hybridized carbons (Fsp3) is 0.286. The van der Waals surface area contributed by atoms with Crippen molar-refractivity contribution in [1.82, 2.24) is 4.90 Å². The van der Waals surface area contributed by atoms with E-state index in [-0.39, 0.29) is 12.4 Å².